The molecular weight excluding hydrogens is 424 g/mol. The molecule has 1 atom stereocenters. The number of carboxylic acids is 1. The highest BCUT2D eigenvalue weighted by atomic mass is 16.4. The number of aromatic carboxylic acids is 1. The summed E-state index contributed by atoms with van der Waals surface area (Å²) >= 11 is 0. The van der Waals surface area contributed by atoms with Gasteiger partial charge in [-0.25, -0.2) is 9.69 Å². The van der Waals surface area contributed by atoms with Crippen molar-refractivity contribution in [2.24, 2.45) is 11.7 Å². The van der Waals surface area contributed by atoms with Crippen LogP contribution in [-0.4, -0.2) is 67.4 Å². The van der Waals surface area contributed by atoms with Gasteiger partial charge in [0.1, 0.15) is 6.04 Å². The number of hydrogen-bond donors (Lipinski definition) is 2. The average Bonchev–Trinajstić information content (AvgIpc) is 2.78. The molecule has 2 aromatic rings. The van der Waals surface area contributed by atoms with Crippen LogP contribution >= 0.6 is 0 Å². The van der Waals surface area contributed by atoms with Gasteiger partial charge in [0.25, 0.3) is 11.8 Å². The maximum absolute atomic E-state index is 13.7. The molecule has 0 bridgehead atoms. The van der Waals surface area contributed by atoms with E-state index in [9.17, 15) is 24.3 Å². The maximum Gasteiger partial charge on any atom is 0.337 e. The van der Waals surface area contributed by atoms with Crippen LogP contribution in [0.2, 0.25) is 0 Å². The van der Waals surface area contributed by atoms with Crippen LogP contribution < -0.4 is 15.5 Å². The standard InChI is InChI=1S/C24H30N4O5/c1-15(2)21(27(5)19-13-9-7-11-17(19)24(32)33)23(31)28(20(29)14-25)22(30)16-10-6-8-12-18(16)26(3)4/h6-13,15,21H,14,25H2,1-5H3,(H,32,33). The Hall–Kier alpha value is -3.72. The Morgan fingerprint density at radius 2 is 1.39 bits per heavy atom. The summed E-state index contributed by atoms with van der Waals surface area (Å²) in [5.74, 6) is -3.93. The van der Waals surface area contributed by atoms with Crippen molar-refractivity contribution < 1.29 is 24.3 Å². The van der Waals surface area contributed by atoms with E-state index in [2.05, 4.69) is 0 Å². The molecule has 0 aliphatic carbocycles. The molecule has 3 amide bonds. The van der Waals surface area contributed by atoms with Gasteiger partial charge in [0.15, 0.2) is 0 Å². The molecule has 9 heteroatoms. The van der Waals surface area contributed by atoms with Crippen LogP contribution in [-0.2, 0) is 9.59 Å². The summed E-state index contributed by atoms with van der Waals surface area (Å²) in [6.07, 6.45) is 0. The third kappa shape index (κ3) is 5.38. The molecule has 0 spiro atoms. The van der Waals surface area contributed by atoms with Crippen molar-refractivity contribution in [2.45, 2.75) is 19.9 Å². The van der Waals surface area contributed by atoms with Crippen molar-refractivity contribution in [1.82, 2.24) is 4.90 Å². The highest BCUT2D eigenvalue weighted by Gasteiger charge is 2.39. The third-order valence-corrected chi connectivity index (χ3v) is 5.28. The number of anilines is 2. The Balaban J connectivity index is 2.58. The minimum atomic E-state index is -1.15. The topological polar surface area (TPSA) is 124 Å². The number of amides is 3. The predicted molar refractivity (Wildman–Crippen MR) is 126 cm³/mol. The van der Waals surface area contributed by atoms with Crippen molar-refractivity contribution in [3.63, 3.8) is 0 Å². The van der Waals surface area contributed by atoms with E-state index in [1.54, 1.807) is 76.3 Å². The lowest BCUT2D eigenvalue weighted by molar-refractivity contribution is -0.141. The molecule has 2 rings (SSSR count). The number of likely N-dealkylation sites (N-methyl/N-ethyl adjacent to an activating group) is 1. The molecule has 0 saturated carbocycles. The van der Waals surface area contributed by atoms with Crippen LogP contribution in [0.15, 0.2) is 48.5 Å². The zero-order chi connectivity index (χ0) is 24.9. The van der Waals surface area contributed by atoms with Crippen LogP contribution in [0.4, 0.5) is 11.4 Å². The monoisotopic (exact) mass is 454 g/mol. The molecule has 176 valence electrons. The number of para-hydroxylation sites is 2. The summed E-state index contributed by atoms with van der Waals surface area (Å²) in [6, 6.07) is 11.9. The number of nitrogens with two attached hydrogens (primary N) is 1. The minimum absolute atomic E-state index is 0.000527. The zero-order valence-corrected chi connectivity index (χ0v) is 19.5. The van der Waals surface area contributed by atoms with Gasteiger partial charge in [-0.3, -0.25) is 14.4 Å². The third-order valence-electron chi connectivity index (χ3n) is 5.28. The van der Waals surface area contributed by atoms with Gasteiger partial charge in [-0.1, -0.05) is 38.1 Å². The van der Waals surface area contributed by atoms with E-state index in [0.29, 0.717) is 16.3 Å². The molecule has 9 nitrogen and oxygen atoms in total. The first-order chi connectivity index (χ1) is 15.5. The number of carbonyl (C=O) groups excluding carboxylic acids is 3. The lowest BCUT2D eigenvalue weighted by Gasteiger charge is -2.35. The minimum Gasteiger partial charge on any atom is -0.478 e. The van der Waals surface area contributed by atoms with Crippen molar-refractivity contribution in [3.05, 3.63) is 59.7 Å². The molecule has 0 aliphatic heterocycles. The Morgan fingerprint density at radius 1 is 0.879 bits per heavy atom. The van der Waals surface area contributed by atoms with Gasteiger partial charge in [0.2, 0.25) is 5.91 Å². The molecule has 0 radical (unpaired) electrons. The summed E-state index contributed by atoms with van der Waals surface area (Å²) in [5.41, 5.74) is 6.56. The van der Waals surface area contributed by atoms with Gasteiger partial charge in [0, 0.05) is 26.8 Å². The van der Waals surface area contributed by atoms with E-state index in [0.717, 1.165) is 0 Å². The SMILES string of the molecule is CC(C)C(C(=O)N(C(=O)CN)C(=O)c1ccccc1N(C)C)N(C)c1ccccc1C(=O)O. The van der Waals surface area contributed by atoms with Gasteiger partial charge in [0.05, 0.1) is 23.4 Å². The quantitative estimate of drug-likeness (QED) is 0.621. The van der Waals surface area contributed by atoms with Crippen molar-refractivity contribution >= 4 is 35.1 Å². The molecule has 3 N–H and O–H groups in total. The van der Waals surface area contributed by atoms with Crippen molar-refractivity contribution in [1.29, 1.82) is 0 Å². The normalized spacial score (nSPS) is 11.6. The number of carbonyl (C=O) groups is 4. The maximum atomic E-state index is 13.7. The van der Waals surface area contributed by atoms with Crippen LogP contribution in [0.3, 0.4) is 0 Å². The fourth-order valence-electron chi connectivity index (χ4n) is 3.73. The second-order valence-electron chi connectivity index (χ2n) is 8.11. The molecule has 0 heterocycles. The summed E-state index contributed by atoms with van der Waals surface area (Å²) in [4.78, 5) is 55.4. The first-order valence-corrected chi connectivity index (χ1v) is 10.5. The molecule has 1 unspecified atom stereocenters. The van der Waals surface area contributed by atoms with Crippen LogP contribution in [0.5, 0.6) is 0 Å². The van der Waals surface area contributed by atoms with E-state index in [-0.39, 0.29) is 17.0 Å². The second kappa shape index (κ2) is 10.7. The zero-order valence-electron chi connectivity index (χ0n) is 19.5. The molecule has 33 heavy (non-hydrogen) atoms. The van der Waals surface area contributed by atoms with Gasteiger partial charge in [-0.05, 0) is 30.2 Å². The lowest BCUT2D eigenvalue weighted by Crippen LogP contribution is -2.55. The van der Waals surface area contributed by atoms with Crippen molar-refractivity contribution in [2.75, 3.05) is 37.5 Å². The number of hydrogen-bond acceptors (Lipinski definition) is 7. The highest BCUT2D eigenvalue weighted by Crippen LogP contribution is 2.27. The summed E-state index contributed by atoms with van der Waals surface area (Å²) in [6.45, 7) is 2.97. The van der Waals surface area contributed by atoms with E-state index in [1.165, 1.54) is 17.0 Å². The van der Waals surface area contributed by atoms with E-state index < -0.39 is 36.3 Å². The van der Waals surface area contributed by atoms with E-state index in [1.807, 2.05) is 0 Å². The Labute approximate surface area is 193 Å². The lowest BCUT2D eigenvalue weighted by atomic mass is 9.98. The smallest absolute Gasteiger partial charge is 0.337 e. The average molecular weight is 455 g/mol. The van der Waals surface area contributed by atoms with Gasteiger partial charge < -0.3 is 20.6 Å². The number of carboxylic acid groups (broad SMARTS) is 1. The summed E-state index contributed by atoms with van der Waals surface area (Å²) in [5, 5.41) is 9.58. The first-order valence-electron chi connectivity index (χ1n) is 10.5. The fraction of sp³-hybridized carbons (Fsp3) is 0.333. The molecule has 0 aliphatic rings. The Bertz CT molecular complexity index is 1050. The van der Waals surface area contributed by atoms with Crippen LogP contribution in [0, 0.1) is 5.92 Å². The number of rotatable bonds is 8. The summed E-state index contributed by atoms with van der Waals surface area (Å²) in [7, 11) is 5.06. The van der Waals surface area contributed by atoms with E-state index >= 15 is 0 Å². The molecule has 2 aromatic carbocycles. The molecule has 0 fully saturated rings. The molecular formula is C24H30N4O5. The first kappa shape index (κ1) is 25.5. The summed E-state index contributed by atoms with van der Waals surface area (Å²) < 4.78 is 0. The number of nitrogens with zero attached hydrogens (tertiary/aromatic N) is 3. The largest absolute Gasteiger partial charge is 0.478 e. The van der Waals surface area contributed by atoms with Gasteiger partial charge in [-0.15, -0.1) is 0 Å². The Morgan fingerprint density at radius 3 is 1.88 bits per heavy atom. The van der Waals surface area contributed by atoms with E-state index in [4.69, 9.17) is 5.73 Å². The fourth-order valence-corrected chi connectivity index (χ4v) is 3.73. The molecule has 0 saturated heterocycles. The van der Waals surface area contributed by atoms with Crippen molar-refractivity contribution in [3.8, 4) is 0 Å². The highest BCUT2D eigenvalue weighted by molar-refractivity contribution is 6.20. The molecule has 0 aromatic heterocycles. The van der Waals surface area contributed by atoms with Gasteiger partial charge in [-0.2, -0.15) is 0 Å². The van der Waals surface area contributed by atoms with Gasteiger partial charge >= 0.3 is 5.97 Å². The predicted octanol–water partition coefficient (Wildman–Crippen LogP) is 2.07. The number of imide groups is 3. The second-order valence-corrected chi connectivity index (χ2v) is 8.11. The number of benzene rings is 2. The Kier molecular flexibility index (Phi) is 8.31. The van der Waals surface area contributed by atoms with Crippen LogP contribution in [0.25, 0.3) is 0 Å². The van der Waals surface area contributed by atoms with Crippen LogP contribution in [0.1, 0.15) is 34.6 Å².